The third-order valence-electron chi connectivity index (χ3n) is 3.87. The smallest absolute Gasteiger partial charge is 0.148 e. The zero-order chi connectivity index (χ0) is 15.4. The Morgan fingerprint density at radius 1 is 1.05 bits per heavy atom. The number of hydrogen-bond donors (Lipinski definition) is 0. The van der Waals surface area contributed by atoms with E-state index in [1.807, 2.05) is 0 Å². The van der Waals surface area contributed by atoms with Crippen LogP contribution in [0.3, 0.4) is 0 Å². The molecule has 116 valence electrons. The maximum atomic E-state index is 6.07. The summed E-state index contributed by atoms with van der Waals surface area (Å²) >= 11 is 9.57. The van der Waals surface area contributed by atoms with E-state index in [1.165, 1.54) is 11.9 Å². The minimum absolute atomic E-state index is 0.468. The number of anilines is 1. The average molecular weight is 382 g/mol. The SMILES string of the molecule is Clc1ncnc(N2CCCN(Cc3ccccc3)CC2)c1Br. The molecule has 0 radical (unpaired) electrons. The predicted molar refractivity (Wildman–Crippen MR) is 93.3 cm³/mol. The minimum atomic E-state index is 0.468. The van der Waals surface area contributed by atoms with Crippen molar-refractivity contribution >= 4 is 33.3 Å². The van der Waals surface area contributed by atoms with Crippen LogP contribution in [0.1, 0.15) is 12.0 Å². The van der Waals surface area contributed by atoms with Gasteiger partial charge in [-0.05, 0) is 27.9 Å². The van der Waals surface area contributed by atoms with Gasteiger partial charge in [-0.2, -0.15) is 0 Å². The fourth-order valence-electron chi connectivity index (χ4n) is 2.74. The van der Waals surface area contributed by atoms with Crippen molar-refractivity contribution in [2.45, 2.75) is 13.0 Å². The molecule has 1 aromatic heterocycles. The summed E-state index contributed by atoms with van der Waals surface area (Å²) in [6.45, 7) is 5.04. The summed E-state index contributed by atoms with van der Waals surface area (Å²) in [5.41, 5.74) is 1.36. The van der Waals surface area contributed by atoms with Gasteiger partial charge < -0.3 is 4.90 Å². The number of halogens is 2. The molecule has 1 fully saturated rings. The Morgan fingerprint density at radius 3 is 2.68 bits per heavy atom. The molecule has 3 rings (SSSR count). The zero-order valence-electron chi connectivity index (χ0n) is 12.3. The second kappa shape index (κ2) is 7.40. The Balaban J connectivity index is 1.66. The van der Waals surface area contributed by atoms with Gasteiger partial charge in [0.25, 0.3) is 0 Å². The molecular weight excluding hydrogens is 364 g/mol. The first kappa shape index (κ1) is 15.7. The van der Waals surface area contributed by atoms with Crippen molar-refractivity contribution < 1.29 is 0 Å². The largest absolute Gasteiger partial charge is 0.354 e. The highest BCUT2D eigenvalue weighted by Gasteiger charge is 2.19. The predicted octanol–water partition coefficient (Wildman–Crippen LogP) is 3.60. The van der Waals surface area contributed by atoms with Crippen LogP contribution in [-0.4, -0.2) is 41.0 Å². The van der Waals surface area contributed by atoms with Crippen molar-refractivity contribution in [3.63, 3.8) is 0 Å². The van der Waals surface area contributed by atoms with Gasteiger partial charge in [0.15, 0.2) is 0 Å². The summed E-state index contributed by atoms with van der Waals surface area (Å²) in [6, 6.07) is 10.6. The van der Waals surface area contributed by atoms with E-state index in [1.54, 1.807) is 0 Å². The highest BCUT2D eigenvalue weighted by molar-refractivity contribution is 9.10. The Labute approximate surface area is 144 Å². The number of rotatable bonds is 3. The van der Waals surface area contributed by atoms with E-state index in [9.17, 15) is 0 Å². The minimum Gasteiger partial charge on any atom is -0.354 e. The highest BCUT2D eigenvalue weighted by atomic mass is 79.9. The molecule has 1 aromatic carbocycles. The summed E-state index contributed by atoms with van der Waals surface area (Å²) in [7, 11) is 0. The van der Waals surface area contributed by atoms with Gasteiger partial charge in [0.1, 0.15) is 17.3 Å². The van der Waals surface area contributed by atoms with Gasteiger partial charge >= 0.3 is 0 Å². The lowest BCUT2D eigenvalue weighted by atomic mass is 10.2. The molecule has 1 aliphatic rings. The first-order valence-electron chi connectivity index (χ1n) is 7.41. The first-order chi connectivity index (χ1) is 10.7. The van der Waals surface area contributed by atoms with Crippen molar-refractivity contribution in [3.05, 3.63) is 51.8 Å². The highest BCUT2D eigenvalue weighted by Crippen LogP contribution is 2.29. The molecule has 0 atom stereocenters. The Bertz CT molecular complexity index is 623. The van der Waals surface area contributed by atoms with E-state index in [-0.39, 0.29) is 0 Å². The molecule has 1 saturated heterocycles. The van der Waals surface area contributed by atoms with Crippen LogP contribution in [0.15, 0.2) is 41.1 Å². The van der Waals surface area contributed by atoms with Gasteiger partial charge in [-0.15, -0.1) is 0 Å². The summed E-state index contributed by atoms with van der Waals surface area (Å²) in [4.78, 5) is 13.1. The van der Waals surface area contributed by atoms with Crippen LogP contribution in [0.2, 0.25) is 5.15 Å². The number of aromatic nitrogens is 2. The zero-order valence-corrected chi connectivity index (χ0v) is 14.6. The molecule has 0 unspecified atom stereocenters. The van der Waals surface area contributed by atoms with Gasteiger partial charge in [0.2, 0.25) is 0 Å². The van der Waals surface area contributed by atoms with Crippen LogP contribution in [0, 0.1) is 0 Å². The topological polar surface area (TPSA) is 32.3 Å². The van der Waals surface area contributed by atoms with Crippen molar-refractivity contribution in [3.8, 4) is 0 Å². The van der Waals surface area contributed by atoms with Gasteiger partial charge in [0.05, 0.1) is 4.47 Å². The Hall–Kier alpha value is -1.17. The van der Waals surface area contributed by atoms with Gasteiger partial charge in [-0.1, -0.05) is 41.9 Å². The second-order valence-electron chi connectivity index (χ2n) is 5.40. The normalized spacial score (nSPS) is 16.5. The Kier molecular flexibility index (Phi) is 5.28. The molecule has 22 heavy (non-hydrogen) atoms. The van der Waals surface area contributed by atoms with Crippen LogP contribution in [0.25, 0.3) is 0 Å². The molecule has 0 amide bonds. The molecule has 4 nitrogen and oxygen atoms in total. The molecule has 6 heteroatoms. The van der Waals surface area contributed by atoms with Crippen molar-refractivity contribution in [1.29, 1.82) is 0 Å². The number of benzene rings is 1. The van der Waals surface area contributed by atoms with Crippen LogP contribution in [-0.2, 0) is 6.54 Å². The van der Waals surface area contributed by atoms with Crippen LogP contribution < -0.4 is 4.90 Å². The van der Waals surface area contributed by atoms with Gasteiger partial charge in [-0.3, -0.25) is 4.90 Å². The standard InChI is InChI=1S/C16H18BrClN4/c17-14-15(18)19-12-20-16(14)22-8-4-7-21(9-10-22)11-13-5-2-1-3-6-13/h1-3,5-6,12H,4,7-11H2. The molecule has 2 aromatic rings. The molecule has 0 bridgehead atoms. The quantitative estimate of drug-likeness (QED) is 0.760. The lowest BCUT2D eigenvalue weighted by molar-refractivity contribution is 0.285. The summed E-state index contributed by atoms with van der Waals surface area (Å²) in [6.07, 6.45) is 2.63. The molecule has 0 saturated carbocycles. The van der Waals surface area contributed by atoms with Crippen LogP contribution >= 0.6 is 27.5 Å². The van der Waals surface area contributed by atoms with Gasteiger partial charge in [-0.25, -0.2) is 9.97 Å². The third-order valence-corrected chi connectivity index (χ3v) is 5.11. The third kappa shape index (κ3) is 3.77. The summed E-state index contributed by atoms with van der Waals surface area (Å²) < 4.78 is 0.785. The van der Waals surface area contributed by atoms with Crippen LogP contribution in [0.4, 0.5) is 5.82 Å². The molecule has 0 spiro atoms. The maximum Gasteiger partial charge on any atom is 0.148 e. The monoisotopic (exact) mass is 380 g/mol. The average Bonchev–Trinajstić information content (AvgIpc) is 2.77. The molecule has 2 heterocycles. The van der Waals surface area contributed by atoms with E-state index in [0.29, 0.717) is 5.15 Å². The van der Waals surface area contributed by atoms with E-state index >= 15 is 0 Å². The fraction of sp³-hybridized carbons (Fsp3) is 0.375. The number of nitrogens with zero attached hydrogens (tertiary/aromatic N) is 4. The molecule has 0 N–H and O–H groups in total. The van der Waals surface area contributed by atoms with Crippen molar-refractivity contribution in [1.82, 2.24) is 14.9 Å². The van der Waals surface area contributed by atoms with Crippen LogP contribution in [0.5, 0.6) is 0 Å². The van der Waals surface area contributed by atoms with E-state index < -0.39 is 0 Å². The molecular formula is C16H18BrClN4. The molecule has 0 aliphatic carbocycles. The van der Waals surface area contributed by atoms with E-state index in [0.717, 1.165) is 49.4 Å². The van der Waals surface area contributed by atoms with E-state index in [4.69, 9.17) is 11.6 Å². The maximum absolute atomic E-state index is 6.07. The summed E-state index contributed by atoms with van der Waals surface area (Å²) in [5.74, 6) is 0.890. The fourth-order valence-corrected chi connectivity index (χ4v) is 3.33. The lowest BCUT2D eigenvalue weighted by Crippen LogP contribution is -2.31. The molecule has 1 aliphatic heterocycles. The van der Waals surface area contributed by atoms with Gasteiger partial charge in [0, 0.05) is 32.7 Å². The lowest BCUT2D eigenvalue weighted by Gasteiger charge is -2.23. The summed E-state index contributed by atoms with van der Waals surface area (Å²) in [5, 5.41) is 0.468. The van der Waals surface area contributed by atoms with Crippen molar-refractivity contribution in [2.24, 2.45) is 0 Å². The number of hydrogen-bond acceptors (Lipinski definition) is 4. The Morgan fingerprint density at radius 2 is 1.86 bits per heavy atom. The van der Waals surface area contributed by atoms with E-state index in [2.05, 4.69) is 66.0 Å². The van der Waals surface area contributed by atoms with Crippen molar-refractivity contribution in [2.75, 3.05) is 31.1 Å². The first-order valence-corrected chi connectivity index (χ1v) is 8.58. The second-order valence-corrected chi connectivity index (χ2v) is 6.56.